The van der Waals surface area contributed by atoms with Crippen LogP contribution >= 0.6 is 0 Å². The van der Waals surface area contributed by atoms with E-state index in [4.69, 9.17) is 0 Å². The van der Waals surface area contributed by atoms with Crippen molar-refractivity contribution in [2.24, 2.45) is 11.3 Å². The summed E-state index contributed by atoms with van der Waals surface area (Å²) in [5, 5.41) is 6.65. The Morgan fingerprint density at radius 3 is 2.64 bits per heavy atom. The minimum Gasteiger partial charge on any atom is -0.355 e. The summed E-state index contributed by atoms with van der Waals surface area (Å²) in [5.41, 5.74) is 1.24. The topological polar surface area (TPSA) is 41.1 Å². The van der Waals surface area contributed by atoms with Crippen molar-refractivity contribution in [3.05, 3.63) is 35.6 Å². The van der Waals surface area contributed by atoms with Gasteiger partial charge in [-0.3, -0.25) is 4.79 Å². The number of rotatable bonds is 4. The van der Waals surface area contributed by atoms with Crippen LogP contribution in [0, 0.1) is 17.2 Å². The van der Waals surface area contributed by atoms with E-state index in [0.29, 0.717) is 6.54 Å². The summed E-state index contributed by atoms with van der Waals surface area (Å²) in [6.45, 7) is 2.73. The Hall–Kier alpha value is -1.42. The summed E-state index contributed by atoms with van der Waals surface area (Å²) in [4.78, 5) is 12.8. The highest BCUT2D eigenvalue weighted by Gasteiger charge is 2.57. The maximum Gasteiger partial charge on any atom is 0.223 e. The van der Waals surface area contributed by atoms with Gasteiger partial charge in [0.25, 0.3) is 0 Å². The summed E-state index contributed by atoms with van der Waals surface area (Å²) < 4.78 is 13.8. The molecular formula is C21H29FN2O. The molecule has 1 aromatic rings. The lowest BCUT2D eigenvalue weighted by molar-refractivity contribution is -0.123. The molecule has 1 heterocycles. The molecule has 3 nitrogen and oxygen atoms in total. The molecule has 0 aromatic heterocycles. The molecule has 2 N–H and O–H groups in total. The fraction of sp³-hybridized carbons (Fsp3) is 0.667. The standard InChI is InChI=1S/C21H29FN2O/c22-17-6-4-5-16(13-17)21(7-2-1-3-8-21)15-24-19(25)18-14-20(18)9-11-23-12-10-20/h4-6,13,18,23H,1-3,7-12,14-15H2,(H,24,25). The van der Waals surface area contributed by atoms with E-state index in [1.807, 2.05) is 6.07 Å². The lowest BCUT2D eigenvalue weighted by atomic mass is 9.69. The van der Waals surface area contributed by atoms with Crippen LogP contribution in [-0.2, 0) is 10.2 Å². The molecule has 1 saturated heterocycles. The molecule has 1 aromatic carbocycles. The van der Waals surface area contributed by atoms with E-state index in [9.17, 15) is 9.18 Å². The van der Waals surface area contributed by atoms with Gasteiger partial charge in [-0.2, -0.15) is 0 Å². The minimum absolute atomic E-state index is 0.0911. The highest BCUT2D eigenvalue weighted by atomic mass is 19.1. The van der Waals surface area contributed by atoms with Crippen molar-refractivity contribution in [1.82, 2.24) is 10.6 Å². The molecular weight excluding hydrogens is 315 g/mol. The normalized spacial score (nSPS) is 27.0. The summed E-state index contributed by atoms with van der Waals surface area (Å²) in [6.07, 6.45) is 8.93. The van der Waals surface area contributed by atoms with Gasteiger partial charge in [0.1, 0.15) is 5.82 Å². The first-order valence-electron chi connectivity index (χ1n) is 9.88. The third-order valence-electron chi connectivity index (χ3n) is 6.95. The van der Waals surface area contributed by atoms with Gasteiger partial charge in [-0.25, -0.2) is 4.39 Å². The van der Waals surface area contributed by atoms with Crippen molar-refractivity contribution in [3.8, 4) is 0 Å². The minimum atomic E-state index is -0.176. The van der Waals surface area contributed by atoms with Gasteiger partial charge in [-0.1, -0.05) is 31.4 Å². The molecule has 1 unspecified atom stereocenters. The maximum atomic E-state index is 13.8. The molecule has 2 saturated carbocycles. The Morgan fingerprint density at radius 2 is 1.92 bits per heavy atom. The number of nitrogens with one attached hydrogen (secondary N) is 2. The van der Waals surface area contributed by atoms with E-state index in [1.54, 1.807) is 12.1 Å². The van der Waals surface area contributed by atoms with Crippen molar-refractivity contribution in [2.75, 3.05) is 19.6 Å². The van der Waals surface area contributed by atoms with Crippen LogP contribution in [0.25, 0.3) is 0 Å². The zero-order valence-corrected chi connectivity index (χ0v) is 15.0. The fourth-order valence-electron chi connectivity index (χ4n) is 5.19. The second-order valence-electron chi connectivity index (χ2n) is 8.44. The number of carbonyl (C=O) groups is 1. The summed E-state index contributed by atoms with van der Waals surface area (Å²) in [5.74, 6) is 0.246. The monoisotopic (exact) mass is 344 g/mol. The first-order valence-corrected chi connectivity index (χ1v) is 9.88. The van der Waals surface area contributed by atoms with Gasteiger partial charge >= 0.3 is 0 Å². The van der Waals surface area contributed by atoms with Crippen LogP contribution in [0.1, 0.15) is 56.9 Å². The quantitative estimate of drug-likeness (QED) is 0.877. The first kappa shape index (κ1) is 17.0. The molecule has 3 fully saturated rings. The lowest BCUT2D eigenvalue weighted by Crippen LogP contribution is -2.43. The zero-order valence-electron chi connectivity index (χ0n) is 15.0. The summed E-state index contributed by atoms with van der Waals surface area (Å²) in [7, 11) is 0. The van der Waals surface area contributed by atoms with Crippen LogP contribution < -0.4 is 10.6 Å². The van der Waals surface area contributed by atoms with Gasteiger partial charge in [0.2, 0.25) is 5.91 Å². The van der Waals surface area contributed by atoms with Crippen LogP contribution in [0.3, 0.4) is 0 Å². The molecule has 3 aliphatic rings. The highest BCUT2D eigenvalue weighted by Crippen LogP contribution is 2.58. The molecule has 4 heteroatoms. The molecule has 136 valence electrons. The molecule has 1 amide bonds. The fourth-order valence-corrected chi connectivity index (χ4v) is 5.19. The van der Waals surface area contributed by atoms with E-state index in [2.05, 4.69) is 10.6 Å². The predicted octanol–water partition coefficient (Wildman–Crippen LogP) is 3.53. The van der Waals surface area contributed by atoms with Crippen molar-refractivity contribution >= 4 is 5.91 Å². The van der Waals surface area contributed by atoms with Gasteiger partial charge in [-0.05, 0) is 68.3 Å². The van der Waals surface area contributed by atoms with Crippen molar-refractivity contribution in [2.45, 2.75) is 56.8 Å². The third kappa shape index (κ3) is 3.33. The number of halogens is 1. The molecule has 1 aliphatic heterocycles. The number of piperidine rings is 1. The van der Waals surface area contributed by atoms with E-state index in [-0.39, 0.29) is 28.5 Å². The van der Waals surface area contributed by atoms with Crippen LogP contribution in [0.2, 0.25) is 0 Å². The van der Waals surface area contributed by atoms with E-state index in [1.165, 1.54) is 12.5 Å². The van der Waals surface area contributed by atoms with Crippen LogP contribution in [-0.4, -0.2) is 25.5 Å². The number of benzene rings is 1. The van der Waals surface area contributed by atoms with Gasteiger partial charge in [0.05, 0.1) is 0 Å². The zero-order chi connectivity index (χ0) is 17.3. The third-order valence-corrected chi connectivity index (χ3v) is 6.95. The van der Waals surface area contributed by atoms with E-state index >= 15 is 0 Å². The Morgan fingerprint density at radius 1 is 1.16 bits per heavy atom. The Kier molecular flexibility index (Phi) is 4.57. The molecule has 2 aliphatic carbocycles. The average Bonchev–Trinajstić information content (AvgIpc) is 3.34. The predicted molar refractivity (Wildman–Crippen MR) is 96.8 cm³/mol. The van der Waals surface area contributed by atoms with Crippen molar-refractivity contribution in [3.63, 3.8) is 0 Å². The number of hydrogen-bond acceptors (Lipinski definition) is 2. The van der Waals surface area contributed by atoms with Crippen LogP contribution in [0.5, 0.6) is 0 Å². The SMILES string of the molecule is O=C(NCC1(c2cccc(F)c2)CCCCC1)C1CC12CCNCC2. The largest absolute Gasteiger partial charge is 0.355 e. The maximum absolute atomic E-state index is 13.8. The van der Waals surface area contributed by atoms with Gasteiger partial charge in [0, 0.05) is 17.9 Å². The van der Waals surface area contributed by atoms with Gasteiger partial charge < -0.3 is 10.6 Å². The van der Waals surface area contributed by atoms with E-state index < -0.39 is 0 Å². The Labute approximate surface area is 149 Å². The first-order chi connectivity index (χ1) is 12.1. The molecule has 1 spiro atoms. The van der Waals surface area contributed by atoms with Crippen molar-refractivity contribution in [1.29, 1.82) is 0 Å². The smallest absolute Gasteiger partial charge is 0.223 e. The average molecular weight is 344 g/mol. The van der Waals surface area contributed by atoms with Crippen LogP contribution in [0.15, 0.2) is 24.3 Å². The Bertz CT molecular complexity index is 633. The Balaban J connectivity index is 1.44. The van der Waals surface area contributed by atoms with Crippen molar-refractivity contribution < 1.29 is 9.18 Å². The molecule has 0 bridgehead atoms. The number of hydrogen-bond donors (Lipinski definition) is 2. The molecule has 1 atom stereocenters. The second-order valence-corrected chi connectivity index (χ2v) is 8.44. The molecule has 4 rings (SSSR count). The van der Waals surface area contributed by atoms with Gasteiger partial charge in [-0.15, -0.1) is 0 Å². The summed E-state index contributed by atoms with van der Waals surface area (Å²) in [6, 6.07) is 7.01. The highest BCUT2D eigenvalue weighted by molar-refractivity contribution is 5.82. The molecule has 25 heavy (non-hydrogen) atoms. The van der Waals surface area contributed by atoms with Gasteiger partial charge in [0.15, 0.2) is 0 Å². The number of carbonyl (C=O) groups excluding carboxylic acids is 1. The van der Waals surface area contributed by atoms with Crippen LogP contribution in [0.4, 0.5) is 4.39 Å². The molecule has 0 radical (unpaired) electrons. The second kappa shape index (κ2) is 6.71. The van der Waals surface area contributed by atoms with E-state index in [0.717, 1.165) is 63.6 Å². The summed E-state index contributed by atoms with van der Waals surface area (Å²) >= 11 is 0. The number of amides is 1. The lowest BCUT2D eigenvalue weighted by Gasteiger charge is -2.38.